The second-order valence-electron chi connectivity index (χ2n) is 5.43. The molecule has 0 aliphatic heterocycles. The van der Waals surface area contributed by atoms with Crippen molar-refractivity contribution in [3.05, 3.63) is 60.6 Å². The maximum absolute atomic E-state index is 8.80. The topological polar surface area (TPSA) is 76.9 Å². The number of nitriles is 1. The molecular weight excluding hydrogens is 348 g/mol. The van der Waals surface area contributed by atoms with Gasteiger partial charge in [-0.3, -0.25) is 4.57 Å². The second kappa shape index (κ2) is 8.41. The number of nitrogens with zero attached hydrogens (tertiary/aromatic N) is 4. The first-order chi connectivity index (χ1) is 12.7. The van der Waals surface area contributed by atoms with E-state index < -0.39 is 0 Å². The zero-order valence-corrected chi connectivity index (χ0v) is 15.2. The first-order valence-corrected chi connectivity index (χ1v) is 9.06. The molecule has 132 valence electrons. The molecule has 0 saturated carbocycles. The van der Waals surface area contributed by atoms with Crippen molar-refractivity contribution < 1.29 is 9.15 Å². The van der Waals surface area contributed by atoms with E-state index in [0.29, 0.717) is 18.7 Å². The summed E-state index contributed by atoms with van der Waals surface area (Å²) in [6, 6.07) is 11.0. The van der Waals surface area contributed by atoms with Crippen molar-refractivity contribution in [2.24, 2.45) is 0 Å². The zero-order chi connectivity index (χ0) is 18.4. The minimum Gasteiger partial charge on any atom is -0.493 e. The Balaban J connectivity index is 1.62. The summed E-state index contributed by atoms with van der Waals surface area (Å²) < 4.78 is 13.1. The standard InChI is InChI=1S/C19H18N4O2S/c1-3-9-23-18(17-8-10-24-14(17)2)21-22-19(23)26-12-11-25-16-6-4-15(13-20)5-7-16/h3-8,10H,1,9,11-12H2,2H3. The largest absolute Gasteiger partial charge is 0.493 e. The third-order valence-corrected chi connectivity index (χ3v) is 4.63. The van der Waals surface area contributed by atoms with Crippen LogP contribution in [-0.4, -0.2) is 27.1 Å². The molecule has 0 aliphatic carbocycles. The summed E-state index contributed by atoms with van der Waals surface area (Å²) in [5.41, 5.74) is 1.55. The van der Waals surface area contributed by atoms with Gasteiger partial charge in [-0.15, -0.1) is 16.8 Å². The lowest BCUT2D eigenvalue weighted by Gasteiger charge is -2.08. The van der Waals surface area contributed by atoms with Crippen molar-refractivity contribution >= 4 is 11.8 Å². The van der Waals surface area contributed by atoms with Crippen LogP contribution in [-0.2, 0) is 6.54 Å². The number of thioether (sulfide) groups is 1. The van der Waals surface area contributed by atoms with E-state index in [-0.39, 0.29) is 0 Å². The van der Waals surface area contributed by atoms with E-state index in [4.69, 9.17) is 14.4 Å². The van der Waals surface area contributed by atoms with Crippen molar-refractivity contribution in [3.8, 4) is 23.2 Å². The number of rotatable bonds is 8. The third-order valence-electron chi connectivity index (χ3n) is 3.69. The van der Waals surface area contributed by atoms with Gasteiger partial charge in [0.1, 0.15) is 11.5 Å². The summed E-state index contributed by atoms with van der Waals surface area (Å²) in [5.74, 6) is 3.04. The predicted octanol–water partition coefficient (Wildman–Crippen LogP) is 4.08. The van der Waals surface area contributed by atoms with E-state index in [1.54, 1.807) is 42.3 Å². The quantitative estimate of drug-likeness (QED) is 0.340. The van der Waals surface area contributed by atoms with Gasteiger partial charge in [-0.2, -0.15) is 5.26 Å². The molecule has 2 heterocycles. The lowest BCUT2D eigenvalue weighted by Crippen LogP contribution is -2.04. The van der Waals surface area contributed by atoms with Crippen LogP contribution in [0.2, 0.25) is 0 Å². The van der Waals surface area contributed by atoms with E-state index in [1.807, 2.05) is 23.6 Å². The number of aryl methyl sites for hydroxylation is 1. The molecular formula is C19H18N4O2S. The molecule has 0 N–H and O–H groups in total. The number of furan rings is 1. The first-order valence-electron chi connectivity index (χ1n) is 8.07. The van der Waals surface area contributed by atoms with E-state index in [1.165, 1.54) is 0 Å². The first kappa shape index (κ1) is 17.8. The summed E-state index contributed by atoms with van der Waals surface area (Å²) in [6.07, 6.45) is 3.47. The summed E-state index contributed by atoms with van der Waals surface area (Å²) in [4.78, 5) is 0. The summed E-state index contributed by atoms with van der Waals surface area (Å²) >= 11 is 1.57. The fraction of sp³-hybridized carbons (Fsp3) is 0.211. The van der Waals surface area contributed by atoms with Crippen LogP contribution in [0.4, 0.5) is 0 Å². The smallest absolute Gasteiger partial charge is 0.191 e. The highest BCUT2D eigenvalue weighted by Gasteiger charge is 2.16. The van der Waals surface area contributed by atoms with E-state index >= 15 is 0 Å². The number of allylic oxidation sites excluding steroid dienone is 1. The van der Waals surface area contributed by atoms with E-state index in [9.17, 15) is 0 Å². The van der Waals surface area contributed by atoms with Crippen molar-refractivity contribution in [2.75, 3.05) is 12.4 Å². The van der Waals surface area contributed by atoms with Crippen molar-refractivity contribution in [2.45, 2.75) is 18.6 Å². The summed E-state index contributed by atoms with van der Waals surface area (Å²) in [7, 11) is 0. The lowest BCUT2D eigenvalue weighted by molar-refractivity contribution is 0.344. The molecule has 3 aromatic rings. The second-order valence-corrected chi connectivity index (χ2v) is 6.49. The van der Waals surface area contributed by atoms with Crippen LogP contribution >= 0.6 is 11.8 Å². The molecule has 1 aromatic carbocycles. The molecule has 0 amide bonds. The molecule has 0 atom stereocenters. The molecule has 3 rings (SSSR count). The molecule has 26 heavy (non-hydrogen) atoms. The van der Waals surface area contributed by atoms with Crippen LogP contribution in [0.1, 0.15) is 11.3 Å². The fourth-order valence-corrected chi connectivity index (χ4v) is 3.19. The number of aromatic nitrogens is 3. The Morgan fingerprint density at radius 2 is 2.12 bits per heavy atom. The van der Waals surface area contributed by atoms with Gasteiger partial charge in [0.25, 0.3) is 0 Å². The van der Waals surface area contributed by atoms with Crippen LogP contribution in [0.3, 0.4) is 0 Å². The molecule has 6 nitrogen and oxygen atoms in total. The minimum absolute atomic E-state index is 0.525. The number of hydrogen-bond acceptors (Lipinski definition) is 6. The van der Waals surface area contributed by atoms with E-state index in [0.717, 1.165) is 33.8 Å². The van der Waals surface area contributed by atoms with Crippen LogP contribution in [0.15, 0.2) is 58.8 Å². The molecule has 0 aliphatic rings. The molecule has 0 fully saturated rings. The highest BCUT2D eigenvalue weighted by Crippen LogP contribution is 2.27. The van der Waals surface area contributed by atoms with Gasteiger partial charge in [0.15, 0.2) is 11.0 Å². The van der Waals surface area contributed by atoms with Crippen LogP contribution < -0.4 is 4.74 Å². The van der Waals surface area contributed by atoms with Crippen molar-refractivity contribution in [3.63, 3.8) is 0 Å². The fourth-order valence-electron chi connectivity index (χ4n) is 2.42. The Hall–Kier alpha value is -2.98. The predicted molar refractivity (Wildman–Crippen MR) is 100 cm³/mol. The van der Waals surface area contributed by atoms with Gasteiger partial charge in [-0.1, -0.05) is 17.8 Å². The van der Waals surface area contributed by atoms with Gasteiger partial charge in [0.05, 0.1) is 30.1 Å². The maximum Gasteiger partial charge on any atom is 0.191 e. The van der Waals surface area contributed by atoms with Crippen LogP contribution in [0.5, 0.6) is 5.75 Å². The lowest BCUT2D eigenvalue weighted by atomic mass is 10.2. The minimum atomic E-state index is 0.525. The highest BCUT2D eigenvalue weighted by molar-refractivity contribution is 7.99. The average Bonchev–Trinajstić information content (AvgIpc) is 3.25. The Morgan fingerprint density at radius 1 is 1.31 bits per heavy atom. The number of ether oxygens (including phenoxy) is 1. The van der Waals surface area contributed by atoms with Gasteiger partial charge >= 0.3 is 0 Å². The Morgan fingerprint density at radius 3 is 2.77 bits per heavy atom. The summed E-state index contributed by atoms with van der Waals surface area (Å²) in [6.45, 7) is 6.86. The normalized spacial score (nSPS) is 10.5. The molecule has 0 radical (unpaired) electrons. The van der Waals surface area contributed by atoms with E-state index in [2.05, 4.69) is 22.8 Å². The Labute approximate surface area is 156 Å². The van der Waals surface area contributed by atoms with Gasteiger partial charge in [-0.05, 0) is 37.3 Å². The molecule has 2 aromatic heterocycles. The maximum atomic E-state index is 8.80. The number of hydrogen-bond donors (Lipinski definition) is 0. The van der Waals surface area contributed by atoms with Gasteiger partial charge in [0.2, 0.25) is 0 Å². The SMILES string of the molecule is C=CCn1c(SCCOc2ccc(C#N)cc2)nnc1-c1ccoc1C. The molecule has 0 spiro atoms. The monoisotopic (exact) mass is 366 g/mol. The van der Waals surface area contributed by atoms with Gasteiger partial charge in [-0.25, -0.2) is 0 Å². The number of benzene rings is 1. The van der Waals surface area contributed by atoms with Crippen LogP contribution in [0.25, 0.3) is 11.4 Å². The van der Waals surface area contributed by atoms with Gasteiger partial charge < -0.3 is 9.15 Å². The summed E-state index contributed by atoms with van der Waals surface area (Å²) in [5, 5.41) is 18.2. The average molecular weight is 366 g/mol. The molecule has 7 heteroatoms. The molecule has 0 unspecified atom stereocenters. The van der Waals surface area contributed by atoms with Crippen LogP contribution in [0, 0.1) is 18.3 Å². The van der Waals surface area contributed by atoms with Gasteiger partial charge in [0, 0.05) is 12.3 Å². The third kappa shape index (κ3) is 3.98. The molecule has 0 saturated heterocycles. The van der Waals surface area contributed by atoms with Crippen molar-refractivity contribution in [1.82, 2.24) is 14.8 Å². The van der Waals surface area contributed by atoms with Crippen molar-refractivity contribution in [1.29, 1.82) is 5.26 Å². The molecule has 0 bridgehead atoms. The highest BCUT2D eigenvalue weighted by atomic mass is 32.2. The Bertz CT molecular complexity index is 922. The zero-order valence-electron chi connectivity index (χ0n) is 14.4. The Kier molecular flexibility index (Phi) is 5.77.